The van der Waals surface area contributed by atoms with Gasteiger partial charge < -0.3 is 0 Å². The zero-order chi connectivity index (χ0) is 25.2. The number of rotatable bonds is 26. The smallest absolute Gasteiger partial charge is 0.0276 e. The van der Waals surface area contributed by atoms with Gasteiger partial charge in [0.15, 0.2) is 0 Å². The summed E-state index contributed by atoms with van der Waals surface area (Å²) in [6, 6.07) is 7.22. The lowest BCUT2D eigenvalue weighted by atomic mass is 9.91. The van der Waals surface area contributed by atoms with E-state index in [9.17, 15) is 0 Å². The maximum Gasteiger partial charge on any atom is -0.0276 e. The summed E-state index contributed by atoms with van der Waals surface area (Å²) < 4.78 is 0. The molecular formula is C35H64. The van der Waals surface area contributed by atoms with Gasteiger partial charge in [-0.1, -0.05) is 174 Å². The maximum absolute atomic E-state index is 2.44. The van der Waals surface area contributed by atoms with Gasteiger partial charge in [0.1, 0.15) is 0 Å². The molecule has 0 aromatic heterocycles. The summed E-state index contributed by atoms with van der Waals surface area (Å²) in [7, 11) is 0. The molecular weight excluding hydrogens is 420 g/mol. The third-order valence-corrected chi connectivity index (χ3v) is 7.97. The fraction of sp³-hybridized carbons (Fsp3) is 0.829. The van der Waals surface area contributed by atoms with Crippen molar-refractivity contribution in [1.29, 1.82) is 0 Å². The van der Waals surface area contributed by atoms with Crippen LogP contribution in [0.4, 0.5) is 0 Å². The molecule has 1 aromatic carbocycles. The molecule has 0 aliphatic rings. The monoisotopic (exact) mass is 485 g/mol. The van der Waals surface area contributed by atoms with Gasteiger partial charge in [-0.2, -0.15) is 0 Å². The van der Waals surface area contributed by atoms with E-state index in [4.69, 9.17) is 0 Å². The topological polar surface area (TPSA) is 0 Å². The van der Waals surface area contributed by atoms with Crippen LogP contribution in [0.3, 0.4) is 0 Å². The summed E-state index contributed by atoms with van der Waals surface area (Å²) in [6.07, 6.45) is 36.8. The fourth-order valence-corrected chi connectivity index (χ4v) is 5.69. The lowest BCUT2D eigenvalue weighted by Gasteiger charge is -2.15. The summed E-state index contributed by atoms with van der Waals surface area (Å²) in [5.74, 6) is 0. The van der Waals surface area contributed by atoms with Gasteiger partial charge in [0.05, 0.1) is 0 Å². The first-order valence-electron chi connectivity index (χ1n) is 16.4. The first-order chi connectivity index (χ1) is 17.3. The largest absolute Gasteiger partial charge is 0.0654 e. The zero-order valence-corrected chi connectivity index (χ0v) is 24.6. The lowest BCUT2D eigenvalue weighted by molar-refractivity contribution is 0.548. The molecule has 0 amide bonds. The SMILES string of the molecule is CCCCCCCCCCCCCc1cccc(CCCCCCCCCCCCC)c1CCC. The van der Waals surface area contributed by atoms with Crippen LogP contribution in [-0.4, -0.2) is 0 Å². The van der Waals surface area contributed by atoms with Gasteiger partial charge in [-0.25, -0.2) is 0 Å². The second-order valence-electron chi connectivity index (χ2n) is 11.4. The average molecular weight is 485 g/mol. The Morgan fingerprint density at radius 1 is 0.343 bits per heavy atom. The van der Waals surface area contributed by atoms with Crippen molar-refractivity contribution in [1.82, 2.24) is 0 Å². The van der Waals surface area contributed by atoms with Crippen LogP contribution in [0.15, 0.2) is 18.2 Å². The number of hydrogen-bond acceptors (Lipinski definition) is 0. The molecule has 35 heavy (non-hydrogen) atoms. The number of unbranched alkanes of at least 4 members (excludes halogenated alkanes) is 20. The highest BCUT2D eigenvalue weighted by Gasteiger charge is 2.08. The molecule has 0 saturated carbocycles. The number of benzene rings is 1. The molecule has 0 spiro atoms. The van der Waals surface area contributed by atoms with Gasteiger partial charge in [0.25, 0.3) is 0 Å². The van der Waals surface area contributed by atoms with E-state index in [0.29, 0.717) is 0 Å². The van der Waals surface area contributed by atoms with Crippen molar-refractivity contribution >= 4 is 0 Å². The molecule has 0 saturated heterocycles. The van der Waals surface area contributed by atoms with Gasteiger partial charge in [0.2, 0.25) is 0 Å². The molecule has 0 heteroatoms. The van der Waals surface area contributed by atoms with Crippen molar-refractivity contribution in [2.75, 3.05) is 0 Å². The second-order valence-corrected chi connectivity index (χ2v) is 11.4. The van der Waals surface area contributed by atoms with Crippen LogP contribution in [0, 0.1) is 0 Å². The van der Waals surface area contributed by atoms with E-state index in [0.717, 1.165) is 0 Å². The van der Waals surface area contributed by atoms with Crippen LogP contribution >= 0.6 is 0 Å². The van der Waals surface area contributed by atoms with E-state index in [2.05, 4.69) is 39.0 Å². The Balaban J connectivity index is 2.18. The van der Waals surface area contributed by atoms with E-state index in [1.54, 1.807) is 16.7 Å². The highest BCUT2D eigenvalue weighted by atomic mass is 14.1. The van der Waals surface area contributed by atoms with Crippen molar-refractivity contribution in [3.05, 3.63) is 34.9 Å². The minimum atomic E-state index is 1.28. The fourth-order valence-electron chi connectivity index (χ4n) is 5.69. The summed E-state index contributed by atoms with van der Waals surface area (Å²) in [5, 5.41) is 0. The van der Waals surface area contributed by atoms with Gasteiger partial charge >= 0.3 is 0 Å². The van der Waals surface area contributed by atoms with Crippen LogP contribution in [0.2, 0.25) is 0 Å². The molecule has 0 fully saturated rings. The van der Waals surface area contributed by atoms with Crippen LogP contribution in [0.25, 0.3) is 0 Å². The van der Waals surface area contributed by atoms with E-state index in [1.807, 2.05) is 0 Å². The summed E-state index contributed by atoms with van der Waals surface area (Å²) in [6.45, 7) is 6.96. The Kier molecular flexibility index (Phi) is 22.9. The lowest BCUT2D eigenvalue weighted by Crippen LogP contribution is -2.01. The Labute approximate surface area is 222 Å². The van der Waals surface area contributed by atoms with Crippen molar-refractivity contribution in [3.63, 3.8) is 0 Å². The molecule has 0 radical (unpaired) electrons. The van der Waals surface area contributed by atoms with Crippen LogP contribution in [-0.2, 0) is 19.3 Å². The Hall–Kier alpha value is -0.780. The highest BCUT2D eigenvalue weighted by molar-refractivity contribution is 5.36. The quantitative estimate of drug-likeness (QED) is 0.115. The Morgan fingerprint density at radius 3 is 0.971 bits per heavy atom. The molecule has 0 atom stereocenters. The van der Waals surface area contributed by atoms with Crippen LogP contribution < -0.4 is 0 Å². The van der Waals surface area contributed by atoms with E-state index < -0.39 is 0 Å². The first kappa shape index (κ1) is 32.2. The maximum atomic E-state index is 2.44. The third-order valence-electron chi connectivity index (χ3n) is 7.97. The van der Waals surface area contributed by atoms with Gasteiger partial charge in [-0.15, -0.1) is 0 Å². The van der Waals surface area contributed by atoms with Crippen LogP contribution in [0.1, 0.15) is 185 Å². The molecule has 0 nitrogen and oxygen atoms in total. The predicted octanol–water partition coefficient (Wildman–Crippen LogP) is 12.3. The molecule has 1 rings (SSSR count). The molecule has 0 N–H and O–H groups in total. The minimum absolute atomic E-state index is 1.28. The highest BCUT2D eigenvalue weighted by Crippen LogP contribution is 2.22. The molecule has 204 valence electrons. The Bertz CT molecular complexity index is 513. The van der Waals surface area contributed by atoms with Crippen molar-refractivity contribution in [2.24, 2.45) is 0 Å². The first-order valence-corrected chi connectivity index (χ1v) is 16.4. The number of aryl methyl sites for hydroxylation is 2. The molecule has 1 aromatic rings. The second kappa shape index (κ2) is 24.9. The molecule has 0 bridgehead atoms. The standard InChI is InChI=1S/C35H64/c1-4-7-9-11-13-15-17-19-21-23-25-29-33-31-27-32-34(35(33)28-6-3)30-26-24-22-20-18-16-14-12-10-8-5-2/h27,31-32H,4-26,28-30H2,1-3H3. The van der Waals surface area contributed by atoms with Gasteiger partial charge in [-0.05, 0) is 48.8 Å². The predicted molar refractivity (Wildman–Crippen MR) is 161 cm³/mol. The molecule has 0 unspecified atom stereocenters. The summed E-state index contributed by atoms with van der Waals surface area (Å²) in [4.78, 5) is 0. The van der Waals surface area contributed by atoms with E-state index in [1.165, 1.54) is 167 Å². The molecule has 0 aliphatic heterocycles. The minimum Gasteiger partial charge on any atom is -0.0654 e. The van der Waals surface area contributed by atoms with Gasteiger partial charge in [-0.3, -0.25) is 0 Å². The Morgan fingerprint density at radius 2 is 0.657 bits per heavy atom. The third kappa shape index (κ3) is 18.2. The zero-order valence-electron chi connectivity index (χ0n) is 24.6. The summed E-state index contributed by atoms with van der Waals surface area (Å²) in [5.41, 5.74) is 5.06. The average Bonchev–Trinajstić information content (AvgIpc) is 2.87. The molecule has 0 heterocycles. The van der Waals surface area contributed by atoms with Crippen molar-refractivity contribution < 1.29 is 0 Å². The van der Waals surface area contributed by atoms with Crippen LogP contribution in [0.5, 0.6) is 0 Å². The summed E-state index contributed by atoms with van der Waals surface area (Å²) >= 11 is 0. The number of hydrogen-bond donors (Lipinski definition) is 0. The molecule has 0 aliphatic carbocycles. The van der Waals surface area contributed by atoms with E-state index in [-0.39, 0.29) is 0 Å². The van der Waals surface area contributed by atoms with Gasteiger partial charge in [0, 0.05) is 0 Å². The van der Waals surface area contributed by atoms with E-state index >= 15 is 0 Å². The van der Waals surface area contributed by atoms with Crippen molar-refractivity contribution in [2.45, 2.75) is 188 Å². The normalized spacial score (nSPS) is 11.4. The van der Waals surface area contributed by atoms with Crippen molar-refractivity contribution in [3.8, 4) is 0 Å².